The molecule has 24 heavy (non-hydrogen) atoms. The highest BCUT2D eigenvalue weighted by Gasteiger charge is 2.02. The van der Waals surface area contributed by atoms with E-state index in [9.17, 15) is 4.79 Å². The van der Waals surface area contributed by atoms with Gasteiger partial charge in [0, 0.05) is 17.3 Å². The first-order valence-corrected chi connectivity index (χ1v) is 9.06. The van der Waals surface area contributed by atoms with E-state index in [2.05, 4.69) is 5.32 Å². The van der Waals surface area contributed by atoms with Gasteiger partial charge in [0.15, 0.2) is 0 Å². The van der Waals surface area contributed by atoms with Gasteiger partial charge in [-0.3, -0.25) is 4.79 Å². The molecule has 1 amide bonds. The largest absolute Gasteiger partial charge is 0.497 e. The van der Waals surface area contributed by atoms with Crippen molar-refractivity contribution in [3.63, 3.8) is 0 Å². The van der Waals surface area contributed by atoms with Crippen molar-refractivity contribution < 1.29 is 14.3 Å². The summed E-state index contributed by atoms with van der Waals surface area (Å²) in [6.07, 6.45) is 0. The van der Waals surface area contributed by atoms with Crippen molar-refractivity contribution in [1.82, 2.24) is 5.32 Å². The molecular formula is C18H20ClNO3S. The Morgan fingerprint density at radius 2 is 1.92 bits per heavy atom. The van der Waals surface area contributed by atoms with Gasteiger partial charge in [0.25, 0.3) is 0 Å². The van der Waals surface area contributed by atoms with E-state index in [4.69, 9.17) is 21.1 Å². The molecule has 0 unspecified atom stereocenters. The van der Waals surface area contributed by atoms with Crippen LogP contribution in [0.3, 0.4) is 0 Å². The van der Waals surface area contributed by atoms with E-state index in [0.717, 1.165) is 22.8 Å². The Balaban J connectivity index is 1.57. The lowest BCUT2D eigenvalue weighted by Crippen LogP contribution is -2.24. The average molecular weight is 366 g/mol. The molecule has 0 saturated carbocycles. The molecule has 0 fully saturated rings. The minimum absolute atomic E-state index is 0.00410. The molecule has 1 N–H and O–H groups in total. The highest BCUT2D eigenvalue weighted by molar-refractivity contribution is 7.99. The second-order valence-corrected chi connectivity index (χ2v) is 6.52. The molecule has 2 aromatic rings. The van der Waals surface area contributed by atoms with Gasteiger partial charge in [-0.2, -0.15) is 0 Å². The SMILES string of the molecule is COc1ccc(OCCSCC(=O)NCc2cccc(Cl)c2)cc1. The van der Waals surface area contributed by atoms with Gasteiger partial charge in [-0.25, -0.2) is 0 Å². The molecule has 0 aliphatic heterocycles. The topological polar surface area (TPSA) is 47.6 Å². The summed E-state index contributed by atoms with van der Waals surface area (Å²) in [4.78, 5) is 11.8. The van der Waals surface area contributed by atoms with Crippen LogP contribution in [-0.2, 0) is 11.3 Å². The summed E-state index contributed by atoms with van der Waals surface area (Å²) < 4.78 is 10.7. The first-order chi connectivity index (χ1) is 11.7. The Labute approximate surface area is 151 Å². The van der Waals surface area contributed by atoms with E-state index in [-0.39, 0.29) is 5.91 Å². The molecule has 4 nitrogen and oxygen atoms in total. The first-order valence-electron chi connectivity index (χ1n) is 7.53. The summed E-state index contributed by atoms with van der Waals surface area (Å²) in [7, 11) is 1.63. The van der Waals surface area contributed by atoms with E-state index < -0.39 is 0 Å². The van der Waals surface area contributed by atoms with Crippen molar-refractivity contribution in [2.45, 2.75) is 6.54 Å². The van der Waals surface area contributed by atoms with Gasteiger partial charge in [-0.15, -0.1) is 11.8 Å². The van der Waals surface area contributed by atoms with Crippen LogP contribution >= 0.6 is 23.4 Å². The molecule has 0 spiro atoms. The monoisotopic (exact) mass is 365 g/mol. The predicted octanol–water partition coefficient (Wildman–Crippen LogP) is 3.78. The molecule has 0 heterocycles. The highest BCUT2D eigenvalue weighted by Crippen LogP contribution is 2.17. The second kappa shape index (κ2) is 10.1. The maximum absolute atomic E-state index is 11.8. The normalized spacial score (nSPS) is 10.2. The lowest BCUT2D eigenvalue weighted by Gasteiger charge is -2.08. The van der Waals surface area contributed by atoms with Crippen LogP contribution in [0.2, 0.25) is 5.02 Å². The number of carbonyl (C=O) groups excluding carboxylic acids is 1. The third-order valence-corrected chi connectivity index (χ3v) is 4.32. The van der Waals surface area contributed by atoms with Crippen molar-refractivity contribution in [3.8, 4) is 11.5 Å². The minimum atomic E-state index is 0.00410. The van der Waals surface area contributed by atoms with Gasteiger partial charge < -0.3 is 14.8 Å². The lowest BCUT2D eigenvalue weighted by molar-refractivity contribution is -0.118. The number of ether oxygens (including phenoxy) is 2. The number of amides is 1. The fourth-order valence-corrected chi connectivity index (χ4v) is 2.80. The van der Waals surface area contributed by atoms with Gasteiger partial charge in [-0.05, 0) is 42.0 Å². The summed E-state index contributed by atoms with van der Waals surface area (Å²) >= 11 is 7.45. The summed E-state index contributed by atoms with van der Waals surface area (Å²) in [6, 6.07) is 14.9. The van der Waals surface area contributed by atoms with E-state index in [0.29, 0.717) is 23.9 Å². The maximum atomic E-state index is 11.8. The zero-order valence-corrected chi connectivity index (χ0v) is 15.0. The molecule has 0 atom stereocenters. The molecular weight excluding hydrogens is 346 g/mol. The van der Waals surface area contributed by atoms with Crippen molar-refractivity contribution in [3.05, 3.63) is 59.1 Å². The third-order valence-electron chi connectivity index (χ3n) is 3.17. The van der Waals surface area contributed by atoms with Crippen molar-refractivity contribution in [2.24, 2.45) is 0 Å². The third kappa shape index (κ3) is 6.72. The quantitative estimate of drug-likeness (QED) is 0.687. The molecule has 0 aromatic heterocycles. The lowest BCUT2D eigenvalue weighted by atomic mass is 10.2. The molecule has 0 aliphatic carbocycles. The number of rotatable bonds is 9. The van der Waals surface area contributed by atoms with E-state index in [1.165, 1.54) is 11.8 Å². The number of hydrogen-bond donors (Lipinski definition) is 1. The number of carbonyl (C=O) groups is 1. The van der Waals surface area contributed by atoms with Gasteiger partial charge in [-0.1, -0.05) is 23.7 Å². The summed E-state index contributed by atoms with van der Waals surface area (Å²) in [5, 5.41) is 3.55. The standard InChI is InChI=1S/C18H20ClNO3S/c1-22-16-5-7-17(8-6-16)23-9-10-24-13-18(21)20-12-14-3-2-4-15(19)11-14/h2-8,11H,9-10,12-13H2,1H3,(H,20,21). The average Bonchev–Trinajstić information content (AvgIpc) is 2.60. The van der Waals surface area contributed by atoms with E-state index in [1.807, 2.05) is 48.5 Å². The summed E-state index contributed by atoms with van der Waals surface area (Å²) in [6.45, 7) is 1.04. The molecule has 0 aliphatic rings. The number of benzene rings is 2. The Kier molecular flexibility index (Phi) is 7.79. The molecule has 128 valence electrons. The van der Waals surface area contributed by atoms with Gasteiger partial charge in [0.1, 0.15) is 11.5 Å². The fraction of sp³-hybridized carbons (Fsp3) is 0.278. The molecule has 2 rings (SSSR count). The number of hydrogen-bond acceptors (Lipinski definition) is 4. The fourth-order valence-electron chi connectivity index (χ4n) is 1.95. The van der Waals surface area contributed by atoms with E-state index in [1.54, 1.807) is 7.11 Å². The predicted molar refractivity (Wildman–Crippen MR) is 99.1 cm³/mol. The summed E-state index contributed by atoms with van der Waals surface area (Å²) in [5.41, 5.74) is 0.990. The van der Waals surface area contributed by atoms with E-state index >= 15 is 0 Å². The van der Waals surface area contributed by atoms with Crippen LogP contribution in [0.15, 0.2) is 48.5 Å². The van der Waals surface area contributed by atoms with Crippen molar-refractivity contribution in [1.29, 1.82) is 0 Å². The van der Waals surface area contributed by atoms with Crippen LogP contribution in [0.5, 0.6) is 11.5 Å². The van der Waals surface area contributed by atoms with Gasteiger partial charge in [0.05, 0.1) is 19.5 Å². The smallest absolute Gasteiger partial charge is 0.230 e. The van der Waals surface area contributed by atoms with Crippen LogP contribution in [0.1, 0.15) is 5.56 Å². The highest BCUT2D eigenvalue weighted by atomic mass is 35.5. The van der Waals surface area contributed by atoms with Crippen LogP contribution in [-0.4, -0.2) is 31.1 Å². The Morgan fingerprint density at radius 1 is 1.17 bits per heavy atom. The molecule has 2 aromatic carbocycles. The zero-order valence-electron chi connectivity index (χ0n) is 13.5. The van der Waals surface area contributed by atoms with Crippen LogP contribution < -0.4 is 14.8 Å². The van der Waals surface area contributed by atoms with Gasteiger partial charge >= 0.3 is 0 Å². The molecule has 6 heteroatoms. The number of halogens is 1. The Bertz CT molecular complexity index is 649. The number of nitrogens with one attached hydrogen (secondary N) is 1. The van der Waals surface area contributed by atoms with Crippen LogP contribution in [0, 0.1) is 0 Å². The molecule has 0 saturated heterocycles. The molecule has 0 bridgehead atoms. The second-order valence-electron chi connectivity index (χ2n) is 4.98. The summed E-state index contributed by atoms with van der Waals surface area (Å²) in [5.74, 6) is 2.75. The van der Waals surface area contributed by atoms with Crippen molar-refractivity contribution >= 4 is 29.3 Å². The Hall–Kier alpha value is -1.85. The maximum Gasteiger partial charge on any atom is 0.230 e. The van der Waals surface area contributed by atoms with Crippen LogP contribution in [0.4, 0.5) is 0 Å². The zero-order chi connectivity index (χ0) is 17.2. The minimum Gasteiger partial charge on any atom is -0.497 e. The number of thioether (sulfide) groups is 1. The Morgan fingerprint density at radius 3 is 2.62 bits per heavy atom. The molecule has 0 radical (unpaired) electrons. The van der Waals surface area contributed by atoms with Crippen molar-refractivity contribution in [2.75, 3.05) is 25.2 Å². The number of methoxy groups -OCH3 is 1. The first kappa shape index (κ1) is 18.5. The van der Waals surface area contributed by atoms with Crippen LogP contribution in [0.25, 0.3) is 0 Å². The van der Waals surface area contributed by atoms with Gasteiger partial charge in [0.2, 0.25) is 5.91 Å².